The van der Waals surface area contributed by atoms with E-state index in [2.05, 4.69) is 5.32 Å². The molecule has 0 bridgehead atoms. The second kappa shape index (κ2) is 7.41. The van der Waals surface area contributed by atoms with E-state index in [1.807, 2.05) is 6.92 Å². The largest absolute Gasteiger partial charge is 0.494 e. The van der Waals surface area contributed by atoms with Gasteiger partial charge in [-0.15, -0.1) is 0 Å². The van der Waals surface area contributed by atoms with Crippen LogP contribution >= 0.6 is 11.6 Å². The zero-order chi connectivity index (χ0) is 18.7. The Morgan fingerprint density at radius 1 is 1.12 bits per heavy atom. The summed E-state index contributed by atoms with van der Waals surface area (Å²) in [5.74, 6) is -0.828. The molecule has 3 rings (SSSR count). The van der Waals surface area contributed by atoms with Crippen molar-refractivity contribution in [3.63, 3.8) is 0 Å². The van der Waals surface area contributed by atoms with Crippen LogP contribution in [0.25, 0.3) is 6.08 Å². The first-order chi connectivity index (χ1) is 12.5. The molecule has 0 aromatic heterocycles. The van der Waals surface area contributed by atoms with Gasteiger partial charge in [0.05, 0.1) is 12.3 Å². The minimum atomic E-state index is -0.803. The van der Waals surface area contributed by atoms with Crippen molar-refractivity contribution in [2.24, 2.45) is 0 Å². The van der Waals surface area contributed by atoms with Crippen molar-refractivity contribution < 1.29 is 19.1 Å². The number of barbiturate groups is 1. The third kappa shape index (κ3) is 3.60. The van der Waals surface area contributed by atoms with Crippen LogP contribution in [0.1, 0.15) is 12.5 Å². The number of imide groups is 2. The highest BCUT2D eigenvalue weighted by molar-refractivity contribution is 6.39. The Morgan fingerprint density at radius 2 is 1.85 bits per heavy atom. The van der Waals surface area contributed by atoms with E-state index in [4.69, 9.17) is 16.3 Å². The van der Waals surface area contributed by atoms with E-state index < -0.39 is 17.8 Å². The van der Waals surface area contributed by atoms with Crippen LogP contribution in [0.4, 0.5) is 10.5 Å². The average Bonchev–Trinajstić information content (AvgIpc) is 2.61. The van der Waals surface area contributed by atoms with E-state index in [0.29, 0.717) is 28.6 Å². The number of hydrogen-bond acceptors (Lipinski definition) is 4. The first kappa shape index (κ1) is 17.7. The van der Waals surface area contributed by atoms with Crippen molar-refractivity contribution in [3.8, 4) is 5.75 Å². The van der Waals surface area contributed by atoms with Gasteiger partial charge in [0, 0.05) is 5.02 Å². The molecule has 1 saturated heterocycles. The lowest BCUT2D eigenvalue weighted by Gasteiger charge is -2.26. The highest BCUT2D eigenvalue weighted by Gasteiger charge is 2.36. The van der Waals surface area contributed by atoms with Crippen LogP contribution in [-0.4, -0.2) is 24.5 Å². The Labute approximate surface area is 155 Å². The normalized spacial score (nSPS) is 16.0. The van der Waals surface area contributed by atoms with Crippen LogP contribution in [0, 0.1) is 0 Å². The predicted octanol–water partition coefficient (Wildman–Crippen LogP) is 3.41. The van der Waals surface area contributed by atoms with Crippen molar-refractivity contribution in [1.29, 1.82) is 0 Å². The quantitative estimate of drug-likeness (QED) is 0.661. The fourth-order valence-electron chi connectivity index (χ4n) is 2.51. The molecule has 0 atom stereocenters. The molecular weight excluding hydrogens is 356 g/mol. The van der Waals surface area contributed by atoms with Gasteiger partial charge in [-0.3, -0.25) is 14.9 Å². The van der Waals surface area contributed by atoms with E-state index in [0.717, 1.165) is 4.90 Å². The summed E-state index contributed by atoms with van der Waals surface area (Å²) in [5, 5.41) is 2.65. The SMILES string of the molecule is CCOc1cccc(/C=C2\C(=O)NC(=O)N(c3ccc(Cl)cc3)C2=O)c1. The molecule has 1 aliphatic rings. The van der Waals surface area contributed by atoms with Crippen molar-refractivity contribution in [3.05, 3.63) is 64.7 Å². The van der Waals surface area contributed by atoms with Crippen LogP contribution < -0.4 is 15.0 Å². The number of anilines is 1. The highest BCUT2D eigenvalue weighted by Crippen LogP contribution is 2.24. The maximum atomic E-state index is 12.8. The minimum Gasteiger partial charge on any atom is -0.494 e. The molecule has 7 heteroatoms. The van der Waals surface area contributed by atoms with Crippen LogP contribution in [0.2, 0.25) is 5.02 Å². The number of benzene rings is 2. The molecule has 26 heavy (non-hydrogen) atoms. The van der Waals surface area contributed by atoms with Gasteiger partial charge in [0.1, 0.15) is 11.3 Å². The number of amides is 4. The summed E-state index contributed by atoms with van der Waals surface area (Å²) >= 11 is 5.84. The molecule has 0 spiro atoms. The molecule has 4 amide bonds. The monoisotopic (exact) mass is 370 g/mol. The topological polar surface area (TPSA) is 75.7 Å². The van der Waals surface area contributed by atoms with Crippen molar-refractivity contribution in [2.45, 2.75) is 6.92 Å². The number of ether oxygens (including phenoxy) is 1. The maximum absolute atomic E-state index is 12.8. The van der Waals surface area contributed by atoms with Gasteiger partial charge in [-0.25, -0.2) is 9.69 Å². The van der Waals surface area contributed by atoms with E-state index in [1.165, 1.54) is 18.2 Å². The molecule has 1 heterocycles. The first-order valence-electron chi connectivity index (χ1n) is 7.89. The van der Waals surface area contributed by atoms with Crippen LogP contribution in [-0.2, 0) is 9.59 Å². The van der Waals surface area contributed by atoms with Gasteiger partial charge >= 0.3 is 6.03 Å². The number of hydrogen-bond donors (Lipinski definition) is 1. The van der Waals surface area contributed by atoms with E-state index >= 15 is 0 Å². The fourth-order valence-corrected chi connectivity index (χ4v) is 2.64. The van der Waals surface area contributed by atoms with E-state index in [-0.39, 0.29) is 5.57 Å². The van der Waals surface area contributed by atoms with Crippen molar-refractivity contribution in [1.82, 2.24) is 5.32 Å². The molecule has 132 valence electrons. The second-order valence-electron chi connectivity index (χ2n) is 5.44. The molecular formula is C19H15ClN2O4. The molecule has 1 aliphatic heterocycles. The average molecular weight is 371 g/mol. The molecule has 0 radical (unpaired) electrons. The van der Waals surface area contributed by atoms with Crippen LogP contribution in [0.3, 0.4) is 0 Å². The van der Waals surface area contributed by atoms with Gasteiger partial charge < -0.3 is 4.74 Å². The van der Waals surface area contributed by atoms with E-state index in [1.54, 1.807) is 36.4 Å². The fraction of sp³-hybridized carbons (Fsp3) is 0.105. The van der Waals surface area contributed by atoms with Gasteiger partial charge in [-0.2, -0.15) is 0 Å². The summed E-state index contributed by atoms with van der Waals surface area (Å²) in [6.45, 7) is 2.36. The smallest absolute Gasteiger partial charge is 0.335 e. The number of nitrogens with one attached hydrogen (secondary N) is 1. The van der Waals surface area contributed by atoms with Gasteiger partial charge in [-0.1, -0.05) is 23.7 Å². The van der Waals surface area contributed by atoms with E-state index in [9.17, 15) is 14.4 Å². The van der Waals surface area contributed by atoms with Gasteiger partial charge in [0.25, 0.3) is 11.8 Å². The Kier molecular flexibility index (Phi) is 5.04. The zero-order valence-electron chi connectivity index (χ0n) is 13.9. The van der Waals surface area contributed by atoms with Crippen molar-refractivity contribution in [2.75, 3.05) is 11.5 Å². The number of carbonyl (C=O) groups excluding carboxylic acids is 3. The molecule has 1 N–H and O–H groups in total. The Morgan fingerprint density at radius 3 is 2.54 bits per heavy atom. The summed E-state index contributed by atoms with van der Waals surface area (Å²) in [4.78, 5) is 37.9. The highest BCUT2D eigenvalue weighted by atomic mass is 35.5. The summed E-state index contributed by atoms with van der Waals surface area (Å²) < 4.78 is 5.42. The summed E-state index contributed by atoms with van der Waals surface area (Å²) in [6.07, 6.45) is 1.43. The van der Waals surface area contributed by atoms with Gasteiger partial charge in [0.2, 0.25) is 0 Å². The van der Waals surface area contributed by atoms with Gasteiger partial charge in [0.15, 0.2) is 0 Å². The molecule has 2 aromatic rings. The third-order valence-electron chi connectivity index (χ3n) is 3.67. The minimum absolute atomic E-state index is 0.145. The lowest BCUT2D eigenvalue weighted by molar-refractivity contribution is -0.122. The number of nitrogens with zero attached hydrogens (tertiary/aromatic N) is 1. The zero-order valence-corrected chi connectivity index (χ0v) is 14.6. The summed E-state index contributed by atoms with van der Waals surface area (Å²) in [7, 11) is 0. The molecule has 0 saturated carbocycles. The maximum Gasteiger partial charge on any atom is 0.335 e. The number of carbonyl (C=O) groups is 3. The predicted molar refractivity (Wildman–Crippen MR) is 98.1 cm³/mol. The molecule has 1 fully saturated rings. The Hall–Kier alpha value is -3.12. The number of rotatable bonds is 4. The van der Waals surface area contributed by atoms with Gasteiger partial charge in [-0.05, 0) is 55.0 Å². The molecule has 0 aliphatic carbocycles. The van der Waals surface area contributed by atoms with Crippen LogP contribution in [0.15, 0.2) is 54.1 Å². The lowest BCUT2D eigenvalue weighted by atomic mass is 10.1. The van der Waals surface area contributed by atoms with Crippen molar-refractivity contribution >= 4 is 41.2 Å². The lowest BCUT2D eigenvalue weighted by Crippen LogP contribution is -2.54. The standard InChI is InChI=1S/C19H15ClN2O4/c1-2-26-15-5-3-4-12(10-15)11-16-17(23)21-19(25)22(18(16)24)14-8-6-13(20)7-9-14/h3-11H,2H2,1H3,(H,21,23,25)/b16-11+. The Bertz CT molecular complexity index is 906. The Balaban J connectivity index is 1.97. The summed E-state index contributed by atoms with van der Waals surface area (Å²) in [6, 6.07) is 12.3. The molecule has 2 aromatic carbocycles. The summed E-state index contributed by atoms with van der Waals surface area (Å²) in [5.41, 5.74) is 0.784. The number of urea groups is 1. The molecule has 0 unspecified atom stereocenters. The van der Waals surface area contributed by atoms with Crippen LogP contribution in [0.5, 0.6) is 5.75 Å². The third-order valence-corrected chi connectivity index (χ3v) is 3.92. The molecule has 6 nitrogen and oxygen atoms in total. The first-order valence-corrected chi connectivity index (χ1v) is 8.27. The second-order valence-corrected chi connectivity index (χ2v) is 5.88. The number of halogens is 1.